The van der Waals surface area contributed by atoms with Crippen molar-refractivity contribution in [3.8, 4) is 5.75 Å². The van der Waals surface area contributed by atoms with E-state index < -0.39 is 0 Å². The zero-order valence-electron chi connectivity index (χ0n) is 22.2. The van der Waals surface area contributed by atoms with E-state index in [1.54, 1.807) is 48.5 Å². The Hall–Kier alpha value is -4.49. The van der Waals surface area contributed by atoms with Gasteiger partial charge in [-0.05, 0) is 83.4 Å². The van der Waals surface area contributed by atoms with Crippen LogP contribution in [-0.2, 0) is 12.0 Å². The Bertz CT molecular complexity index is 1440. The molecule has 0 heterocycles. The van der Waals surface area contributed by atoms with Crippen LogP contribution in [0.25, 0.3) is 0 Å². The van der Waals surface area contributed by atoms with Crippen LogP contribution in [0.5, 0.6) is 5.75 Å². The van der Waals surface area contributed by atoms with Crippen LogP contribution in [0.4, 0.5) is 11.4 Å². The molecule has 0 spiro atoms. The molecule has 7 heteroatoms. The maximum Gasteiger partial charge on any atom is 0.257 e. The quantitative estimate of drug-likeness (QED) is 0.223. The van der Waals surface area contributed by atoms with Crippen LogP contribution in [0.3, 0.4) is 0 Å². The smallest absolute Gasteiger partial charge is 0.257 e. The van der Waals surface area contributed by atoms with Crippen molar-refractivity contribution in [1.82, 2.24) is 5.32 Å². The molecule has 0 bridgehead atoms. The molecular weight excluding hydrogens is 506 g/mol. The molecule has 4 rings (SSSR count). The van der Waals surface area contributed by atoms with Gasteiger partial charge >= 0.3 is 0 Å². The van der Waals surface area contributed by atoms with Gasteiger partial charge in [0.15, 0.2) is 5.11 Å². The first-order valence-corrected chi connectivity index (χ1v) is 13.0. The first-order valence-electron chi connectivity index (χ1n) is 12.6. The third kappa shape index (κ3) is 7.99. The summed E-state index contributed by atoms with van der Waals surface area (Å²) in [5.74, 6) is 0.0566. The fourth-order valence-electron chi connectivity index (χ4n) is 3.77. The van der Waals surface area contributed by atoms with Gasteiger partial charge in [0.2, 0.25) is 0 Å². The number of hydrogen-bond acceptors (Lipinski definition) is 4. The van der Waals surface area contributed by atoms with Crippen LogP contribution in [0.2, 0.25) is 0 Å². The molecule has 0 saturated heterocycles. The average molecular weight is 538 g/mol. The predicted octanol–water partition coefficient (Wildman–Crippen LogP) is 6.94. The van der Waals surface area contributed by atoms with E-state index in [1.165, 1.54) is 5.56 Å². The van der Waals surface area contributed by atoms with E-state index in [4.69, 9.17) is 17.0 Å². The molecule has 198 valence electrons. The molecule has 0 fully saturated rings. The maximum atomic E-state index is 12.7. The van der Waals surface area contributed by atoms with E-state index in [0.29, 0.717) is 34.9 Å². The number of benzene rings is 4. The molecule has 4 aromatic rings. The van der Waals surface area contributed by atoms with Crippen molar-refractivity contribution in [3.05, 3.63) is 125 Å². The Morgan fingerprint density at radius 1 is 0.718 bits per heavy atom. The van der Waals surface area contributed by atoms with Crippen molar-refractivity contribution in [1.29, 1.82) is 0 Å². The number of carbonyl (C=O) groups is 2. The van der Waals surface area contributed by atoms with Gasteiger partial charge in [0, 0.05) is 22.5 Å². The Balaban J connectivity index is 1.28. The molecule has 4 aromatic carbocycles. The van der Waals surface area contributed by atoms with Gasteiger partial charge in [-0.3, -0.25) is 14.9 Å². The zero-order chi connectivity index (χ0) is 27.8. The van der Waals surface area contributed by atoms with Crippen molar-refractivity contribution in [2.45, 2.75) is 32.8 Å². The average Bonchev–Trinajstić information content (AvgIpc) is 2.93. The summed E-state index contributed by atoms with van der Waals surface area (Å²) in [7, 11) is 0. The highest BCUT2D eigenvalue weighted by Gasteiger charge is 2.14. The van der Waals surface area contributed by atoms with Gasteiger partial charge in [-0.25, -0.2) is 0 Å². The van der Waals surface area contributed by atoms with Crippen molar-refractivity contribution >= 4 is 40.5 Å². The molecule has 0 unspecified atom stereocenters. The normalized spacial score (nSPS) is 10.8. The van der Waals surface area contributed by atoms with E-state index >= 15 is 0 Å². The lowest BCUT2D eigenvalue weighted by atomic mass is 9.87. The summed E-state index contributed by atoms with van der Waals surface area (Å²) >= 11 is 5.32. The zero-order valence-corrected chi connectivity index (χ0v) is 23.0. The molecule has 0 atom stereocenters. The third-order valence-corrected chi connectivity index (χ3v) is 6.19. The molecule has 3 N–H and O–H groups in total. The minimum atomic E-state index is -0.348. The topological polar surface area (TPSA) is 79.5 Å². The lowest BCUT2D eigenvalue weighted by molar-refractivity contribution is 0.0976. The Morgan fingerprint density at radius 2 is 1.36 bits per heavy atom. The predicted molar refractivity (Wildman–Crippen MR) is 160 cm³/mol. The SMILES string of the molecule is CC(C)(C)c1ccc(C(=O)Nc2ccc(NC(=S)NC(=O)c3cccc(OCc4ccccc4)c3)cc2)cc1. The van der Waals surface area contributed by atoms with Gasteiger partial charge in [0.25, 0.3) is 11.8 Å². The molecule has 0 saturated carbocycles. The van der Waals surface area contributed by atoms with Crippen molar-refractivity contribution in [3.63, 3.8) is 0 Å². The minimum absolute atomic E-state index is 0.0266. The number of thiocarbonyl (C=S) groups is 1. The highest BCUT2D eigenvalue weighted by molar-refractivity contribution is 7.80. The second-order valence-electron chi connectivity index (χ2n) is 10.1. The fraction of sp³-hybridized carbons (Fsp3) is 0.156. The number of hydrogen-bond donors (Lipinski definition) is 3. The molecule has 0 aliphatic carbocycles. The highest BCUT2D eigenvalue weighted by atomic mass is 32.1. The van der Waals surface area contributed by atoms with E-state index in [0.717, 1.165) is 5.56 Å². The fourth-order valence-corrected chi connectivity index (χ4v) is 3.98. The van der Waals surface area contributed by atoms with E-state index in [-0.39, 0.29) is 22.3 Å². The van der Waals surface area contributed by atoms with Crippen LogP contribution >= 0.6 is 12.2 Å². The van der Waals surface area contributed by atoms with Crippen molar-refractivity contribution in [2.75, 3.05) is 10.6 Å². The molecular formula is C32H31N3O3S. The molecule has 0 aliphatic heterocycles. The lowest BCUT2D eigenvalue weighted by Gasteiger charge is -2.19. The highest BCUT2D eigenvalue weighted by Crippen LogP contribution is 2.23. The van der Waals surface area contributed by atoms with Crippen LogP contribution in [0.15, 0.2) is 103 Å². The van der Waals surface area contributed by atoms with Crippen molar-refractivity contribution in [2.24, 2.45) is 0 Å². The number of carbonyl (C=O) groups excluding carboxylic acids is 2. The Morgan fingerprint density at radius 3 is 2.00 bits per heavy atom. The number of amides is 2. The maximum absolute atomic E-state index is 12.7. The first kappa shape index (κ1) is 27.5. The lowest BCUT2D eigenvalue weighted by Crippen LogP contribution is -2.34. The summed E-state index contributed by atoms with van der Waals surface area (Å²) in [6.07, 6.45) is 0. The second-order valence-corrected chi connectivity index (χ2v) is 10.5. The Labute approximate surface area is 234 Å². The van der Waals surface area contributed by atoms with E-state index in [2.05, 4.69) is 36.7 Å². The minimum Gasteiger partial charge on any atom is -0.489 e. The largest absolute Gasteiger partial charge is 0.489 e. The summed E-state index contributed by atoms with van der Waals surface area (Å²) in [5.41, 5.74) is 4.57. The van der Waals surface area contributed by atoms with Crippen LogP contribution in [0, 0.1) is 0 Å². The number of ether oxygens (including phenoxy) is 1. The number of nitrogens with one attached hydrogen (secondary N) is 3. The van der Waals surface area contributed by atoms with Crippen molar-refractivity contribution < 1.29 is 14.3 Å². The van der Waals surface area contributed by atoms with Gasteiger partial charge in [0.1, 0.15) is 12.4 Å². The van der Waals surface area contributed by atoms with Gasteiger partial charge in [-0.15, -0.1) is 0 Å². The molecule has 2 amide bonds. The summed E-state index contributed by atoms with van der Waals surface area (Å²) in [4.78, 5) is 25.3. The molecule has 0 radical (unpaired) electrons. The van der Waals surface area contributed by atoms with Crippen LogP contribution in [-0.4, -0.2) is 16.9 Å². The number of anilines is 2. The van der Waals surface area contributed by atoms with Crippen LogP contribution < -0.4 is 20.7 Å². The summed E-state index contributed by atoms with van der Waals surface area (Å²) in [6, 6.07) is 31.4. The number of rotatable bonds is 7. The molecule has 6 nitrogen and oxygen atoms in total. The summed E-state index contributed by atoms with van der Waals surface area (Å²) < 4.78 is 5.81. The summed E-state index contributed by atoms with van der Waals surface area (Å²) in [5, 5.41) is 8.73. The molecule has 0 aromatic heterocycles. The van der Waals surface area contributed by atoms with Gasteiger partial charge in [-0.1, -0.05) is 69.3 Å². The first-order chi connectivity index (χ1) is 18.7. The van der Waals surface area contributed by atoms with Crippen LogP contribution in [0.1, 0.15) is 52.6 Å². The van der Waals surface area contributed by atoms with Gasteiger partial charge in [-0.2, -0.15) is 0 Å². The van der Waals surface area contributed by atoms with E-state index in [9.17, 15) is 9.59 Å². The van der Waals surface area contributed by atoms with E-state index in [1.807, 2.05) is 54.6 Å². The summed E-state index contributed by atoms with van der Waals surface area (Å²) in [6.45, 7) is 6.81. The monoisotopic (exact) mass is 537 g/mol. The van der Waals surface area contributed by atoms with Gasteiger partial charge in [0.05, 0.1) is 0 Å². The standard InChI is InChI=1S/C32H31N3O3S/c1-32(2,3)25-14-12-23(13-15-25)29(36)33-26-16-18-27(19-17-26)34-31(39)35-30(37)24-10-7-11-28(20-24)38-21-22-8-5-4-6-9-22/h4-20H,21H2,1-3H3,(H,33,36)(H2,34,35,37,39). The third-order valence-electron chi connectivity index (χ3n) is 5.99. The molecule has 39 heavy (non-hydrogen) atoms. The van der Waals surface area contributed by atoms with Gasteiger partial charge < -0.3 is 15.4 Å². The second kappa shape index (κ2) is 12.4. The molecule has 0 aliphatic rings. The Kier molecular flexibility index (Phi) is 8.74.